The molecule has 2 aromatic rings. The second-order valence-corrected chi connectivity index (χ2v) is 7.85. The normalized spacial score (nSPS) is 12.7. The van der Waals surface area contributed by atoms with Crippen molar-refractivity contribution in [2.75, 3.05) is 7.11 Å². The summed E-state index contributed by atoms with van der Waals surface area (Å²) < 4.78 is 5.30. The van der Waals surface area contributed by atoms with Crippen molar-refractivity contribution in [3.8, 4) is 5.75 Å². The Kier molecular flexibility index (Phi) is 8.90. The molecule has 0 fully saturated rings. The fourth-order valence-electron chi connectivity index (χ4n) is 3.17. The van der Waals surface area contributed by atoms with Crippen molar-refractivity contribution >= 4 is 11.8 Å². The minimum Gasteiger partial charge on any atom is -0.497 e. The summed E-state index contributed by atoms with van der Waals surface area (Å²) in [6.45, 7) is 8.19. The summed E-state index contributed by atoms with van der Waals surface area (Å²) in [5.74, 6) is 0.567. The first-order valence-electron chi connectivity index (χ1n) is 10.6. The maximum atomic E-state index is 13.2. The lowest BCUT2D eigenvalue weighted by Gasteiger charge is -2.30. The van der Waals surface area contributed by atoms with Crippen LogP contribution in [0.15, 0.2) is 48.5 Å². The number of rotatable bonds is 10. The summed E-state index contributed by atoms with van der Waals surface area (Å²) in [6, 6.07) is 15.3. The van der Waals surface area contributed by atoms with E-state index >= 15 is 0 Å². The van der Waals surface area contributed by atoms with E-state index in [9.17, 15) is 9.59 Å². The van der Waals surface area contributed by atoms with Gasteiger partial charge < -0.3 is 15.0 Å². The highest BCUT2D eigenvalue weighted by Gasteiger charge is 2.26. The smallest absolute Gasteiger partial charge is 0.242 e. The molecule has 0 heterocycles. The Morgan fingerprint density at radius 2 is 1.77 bits per heavy atom. The molecule has 0 saturated heterocycles. The van der Waals surface area contributed by atoms with Crippen LogP contribution in [0.5, 0.6) is 5.75 Å². The summed E-state index contributed by atoms with van der Waals surface area (Å²) >= 11 is 0. The Labute approximate surface area is 180 Å². The van der Waals surface area contributed by atoms with Gasteiger partial charge in [0.25, 0.3) is 0 Å². The molecular formula is C25H34N2O3. The van der Waals surface area contributed by atoms with Crippen LogP contribution in [0.3, 0.4) is 0 Å². The van der Waals surface area contributed by atoms with Crippen molar-refractivity contribution in [2.24, 2.45) is 0 Å². The lowest BCUT2D eigenvalue weighted by atomic mass is 10.1. The third-order valence-electron chi connectivity index (χ3n) is 5.40. The van der Waals surface area contributed by atoms with E-state index in [1.165, 1.54) is 5.56 Å². The number of carbonyl (C=O) groups excluding carboxylic acids is 2. The summed E-state index contributed by atoms with van der Waals surface area (Å²) in [6.07, 6.45) is 1.84. The summed E-state index contributed by atoms with van der Waals surface area (Å²) in [4.78, 5) is 27.6. The van der Waals surface area contributed by atoms with Gasteiger partial charge in [0.2, 0.25) is 11.8 Å². The van der Waals surface area contributed by atoms with Crippen LogP contribution in [0.4, 0.5) is 0 Å². The number of nitrogens with zero attached hydrogens (tertiary/aromatic N) is 1. The van der Waals surface area contributed by atoms with Gasteiger partial charge in [-0.3, -0.25) is 9.59 Å². The molecule has 0 unspecified atom stereocenters. The van der Waals surface area contributed by atoms with Crippen molar-refractivity contribution in [3.05, 3.63) is 65.2 Å². The molecule has 2 atom stereocenters. The molecule has 5 nitrogen and oxygen atoms in total. The van der Waals surface area contributed by atoms with Crippen molar-refractivity contribution in [3.63, 3.8) is 0 Å². The lowest BCUT2D eigenvalue weighted by Crippen LogP contribution is -2.49. The number of hydrogen-bond donors (Lipinski definition) is 1. The van der Waals surface area contributed by atoms with Crippen LogP contribution in [0, 0.1) is 6.92 Å². The Morgan fingerprint density at radius 3 is 2.40 bits per heavy atom. The van der Waals surface area contributed by atoms with Crippen molar-refractivity contribution in [1.29, 1.82) is 0 Å². The Hall–Kier alpha value is -2.82. The van der Waals surface area contributed by atoms with E-state index in [1.54, 1.807) is 18.9 Å². The number of methoxy groups -OCH3 is 1. The zero-order valence-electron chi connectivity index (χ0n) is 18.8. The summed E-state index contributed by atoms with van der Waals surface area (Å²) in [5, 5.41) is 3.00. The summed E-state index contributed by atoms with van der Waals surface area (Å²) in [5.41, 5.74) is 3.24. The number of carbonyl (C=O) groups is 2. The molecule has 1 N–H and O–H groups in total. The monoisotopic (exact) mass is 410 g/mol. The van der Waals surface area contributed by atoms with Crippen LogP contribution in [-0.4, -0.2) is 35.9 Å². The Morgan fingerprint density at radius 1 is 1.07 bits per heavy atom. The zero-order chi connectivity index (χ0) is 22.1. The minimum atomic E-state index is -0.560. The molecule has 0 saturated carbocycles. The predicted molar refractivity (Wildman–Crippen MR) is 120 cm³/mol. The van der Waals surface area contributed by atoms with Gasteiger partial charge in [-0.1, -0.05) is 48.9 Å². The van der Waals surface area contributed by atoms with Gasteiger partial charge in [-0.2, -0.15) is 0 Å². The number of amides is 2. The first-order valence-corrected chi connectivity index (χ1v) is 10.6. The number of aryl methyl sites for hydroxylation is 2. The number of benzene rings is 2. The highest BCUT2D eigenvalue weighted by Crippen LogP contribution is 2.17. The standard InChI is InChI=1S/C25H34N2O3/c1-6-19(3)26-25(29)20(4)27(17-22-8-7-9-23(16-22)30-5)24(28)15-14-21-12-10-18(2)11-13-21/h7-13,16,19-20H,6,14-15,17H2,1-5H3,(H,26,29)/t19-,20+/m0/s1. The predicted octanol–water partition coefficient (Wildman–Crippen LogP) is 4.27. The highest BCUT2D eigenvalue weighted by atomic mass is 16.5. The average molecular weight is 411 g/mol. The van der Waals surface area contributed by atoms with Crippen LogP contribution in [0.25, 0.3) is 0 Å². The molecule has 0 aromatic heterocycles. The van der Waals surface area contributed by atoms with Crippen LogP contribution in [0.2, 0.25) is 0 Å². The fourth-order valence-corrected chi connectivity index (χ4v) is 3.17. The van der Waals surface area contributed by atoms with E-state index in [4.69, 9.17) is 4.74 Å². The number of ether oxygens (including phenoxy) is 1. The summed E-state index contributed by atoms with van der Waals surface area (Å²) in [7, 11) is 1.62. The van der Waals surface area contributed by atoms with Gasteiger partial charge in [0, 0.05) is 19.0 Å². The molecule has 0 bridgehead atoms. The Bertz CT molecular complexity index is 833. The number of hydrogen-bond acceptors (Lipinski definition) is 3. The second kappa shape index (κ2) is 11.4. The first-order chi connectivity index (χ1) is 14.3. The second-order valence-electron chi connectivity index (χ2n) is 7.85. The van der Waals surface area contributed by atoms with Crippen LogP contribution in [0.1, 0.15) is 50.3 Å². The molecule has 2 amide bonds. The first kappa shape index (κ1) is 23.5. The molecule has 2 aromatic carbocycles. The van der Waals surface area contributed by atoms with Crippen LogP contribution >= 0.6 is 0 Å². The van der Waals surface area contributed by atoms with Gasteiger partial charge in [-0.25, -0.2) is 0 Å². The van der Waals surface area contributed by atoms with E-state index in [2.05, 4.69) is 17.4 Å². The fraction of sp³-hybridized carbons (Fsp3) is 0.440. The lowest BCUT2D eigenvalue weighted by molar-refractivity contribution is -0.140. The quantitative estimate of drug-likeness (QED) is 0.636. The van der Waals surface area contributed by atoms with E-state index in [1.807, 2.05) is 57.2 Å². The maximum Gasteiger partial charge on any atom is 0.242 e. The molecule has 162 valence electrons. The van der Waals surface area contributed by atoms with E-state index in [0.29, 0.717) is 19.4 Å². The molecule has 0 aliphatic carbocycles. The van der Waals surface area contributed by atoms with Crippen molar-refractivity contribution < 1.29 is 14.3 Å². The van der Waals surface area contributed by atoms with Crippen molar-refractivity contribution in [1.82, 2.24) is 10.2 Å². The van der Waals surface area contributed by atoms with Gasteiger partial charge in [0.15, 0.2) is 0 Å². The Balaban J connectivity index is 2.16. The van der Waals surface area contributed by atoms with Gasteiger partial charge in [-0.15, -0.1) is 0 Å². The molecule has 30 heavy (non-hydrogen) atoms. The molecule has 0 aliphatic rings. The molecule has 2 rings (SSSR count). The van der Waals surface area contributed by atoms with E-state index < -0.39 is 6.04 Å². The third-order valence-corrected chi connectivity index (χ3v) is 5.40. The largest absolute Gasteiger partial charge is 0.497 e. The molecule has 0 spiro atoms. The molecule has 5 heteroatoms. The van der Waals surface area contributed by atoms with Gasteiger partial charge >= 0.3 is 0 Å². The maximum absolute atomic E-state index is 13.2. The third kappa shape index (κ3) is 6.90. The van der Waals surface area contributed by atoms with Crippen molar-refractivity contribution in [2.45, 2.75) is 65.6 Å². The molecule has 0 radical (unpaired) electrons. The minimum absolute atomic E-state index is 0.0369. The molecular weight excluding hydrogens is 376 g/mol. The van der Waals surface area contributed by atoms with E-state index in [-0.39, 0.29) is 17.9 Å². The SMILES string of the molecule is CC[C@H](C)NC(=O)[C@@H](C)N(Cc1cccc(OC)c1)C(=O)CCc1ccc(C)cc1. The zero-order valence-corrected chi connectivity index (χ0v) is 18.8. The van der Waals surface area contributed by atoms with Gasteiger partial charge in [0.05, 0.1) is 7.11 Å². The van der Waals surface area contributed by atoms with Gasteiger partial charge in [0.1, 0.15) is 11.8 Å². The highest BCUT2D eigenvalue weighted by molar-refractivity contribution is 5.87. The topological polar surface area (TPSA) is 58.6 Å². The van der Waals surface area contributed by atoms with Gasteiger partial charge in [-0.05, 0) is 56.9 Å². The van der Waals surface area contributed by atoms with Crippen LogP contribution < -0.4 is 10.1 Å². The number of nitrogens with one attached hydrogen (secondary N) is 1. The van der Waals surface area contributed by atoms with Crippen LogP contribution in [-0.2, 0) is 22.6 Å². The van der Waals surface area contributed by atoms with E-state index in [0.717, 1.165) is 23.3 Å². The average Bonchev–Trinajstić information content (AvgIpc) is 2.76. The molecule has 0 aliphatic heterocycles.